The van der Waals surface area contributed by atoms with Crippen molar-refractivity contribution < 1.29 is 14.3 Å². The van der Waals surface area contributed by atoms with E-state index in [-0.39, 0.29) is 23.3 Å². The Hall–Kier alpha value is -2.76. The van der Waals surface area contributed by atoms with E-state index in [9.17, 15) is 9.59 Å². The van der Waals surface area contributed by atoms with Crippen molar-refractivity contribution in [3.05, 3.63) is 51.9 Å². The molecule has 2 aliphatic rings. The van der Waals surface area contributed by atoms with Gasteiger partial charge >= 0.3 is 0 Å². The third-order valence-corrected chi connectivity index (χ3v) is 4.85. The first-order chi connectivity index (χ1) is 12.0. The van der Waals surface area contributed by atoms with Gasteiger partial charge in [0.1, 0.15) is 18.9 Å². The summed E-state index contributed by atoms with van der Waals surface area (Å²) >= 11 is 0. The number of pyridine rings is 1. The molecule has 0 unspecified atom stereocenters. The highest BCUT2D eigenvalue weighted by Gasteiger charge is 2.44. The van der Waals surface area contributed by atoms with Crippen LogP contribution in [-0.2, 0) is 11.8 Å². The van der Waals surface area contributed by atoms with E-state index in [2.05, 4.69) is 5.32 Å². The van der Waals surface area contributed by atoms with E-state index >= 15 is 0 Å². The van der Waals surface area contributed by atoms with Crippen LogP contribution >= 0.6 is 0 Å². The average Bonchev–Trinajstić information content (AvgIpc) is 3.42. The molecule has 1 amide bonds. The Morgan fingerprint density at radius 2 is 1.96 bits per heavy atom. The SMILES string of the molecule is Cc1ccn(C)c(=O)c1NC(=O)[C@@H]1C[C@H]1c1ccc2c(c1)OCCO2. The van der Waals surface area contributed by atoms with E-state index in [1.165, 1.54) is 4.57 Å². The maximum Gasteiger partial charge on any atom is 0.274 e. The Bertz CT molecular complexity index is 903. The minimum absolute atomic E-state index is 0.105. The first-order valence-electron chi connectivity index (χ1n) is 8.41. The molecule has 130 valence electrons. The lowest BCUT2D eigenvalue weighted by atomic mass is 10.1. The van der Waals surface area contributed by atoms with Crippen LogP contribution in [0.2, 0.25) is 0 Å². The number of hydrogen-bond donors (Lipinski definition) is 1. The topological polar surface area (TPSA) is 69.6 Å². The average molecular weight is 340 g/mol. The Morgan fingerprint density at radius 3 is 2.76 bits per heavy atom. The van der Waals surface area contributed by atoms with Gasteiger partial charge in [-0.3, -0.25) is 9.59 Å². The van der Waals surface area contributed by atoms with Crippen molar-refractivity contribution in [2.75, 3.05) is 18.5 Å². The van der Waals surface area contributed by atoms with Crippen molar-refractivity contribution in [3.8, 4) is 11.5 Å². The fourth-order valence-electron chi connectivity index (χ4n) is 3.23. The normalized spacial score (nSPS) is 20.9. The van der Waals surface area contributed by atoms with Crippen LogP contribution < -0.4 is 20.3 Å². The summed E-state index contributed by atoms with van der Waals surface area (Å²) < 4.78 is 12.6. The van der Waals surface area contributed by atoms with E-state index < -0.39 is 0 Å². The maximum atomic E-state index is 12.5. The van der Waals surface area contributed by atoms with Crippen LogP contribution in [0.25, 0.3) is 0 Å². The summed E-state index contributed by atoms with van der Waals surface area (Å²) in [4.78, 5) is 24.7. The lowest BCUT2D eigenvalue weighted by Gasteiger charge is -2.18. The Balaban J connectivity index is 1.49. The molecule has 2 atom stereocenters. The Morgan fingerprint density at radius 1 is 1.20 bits per heavy atom. The number of aromatic nitrogens is 1. The van der Waals surface area contributed by atoms with Crippen molar-refractivity contribution >= 4 is 11.6 Å². The van der Waals surface area contributed by atoms with Gasteiger partial charge in [-0.15, -0.1) is 0 Å². The van der Waals surface area contributed by atoms with E-state index in [1.807, 2.05) is 31.2 Å². The molecule has 4 rings (SSSR count). The van der Waals surface area contributed by atoms with Gasteiger partial charge < -0.3 is 19.4 Å². The summed E-state index contributed by atoms with van der Waals surface area (Å²) in [6, 6.07) is 7.66. The number of anilines is 1. The van der Waals surface area contributed by atoms with Crippen LogP contribution in [0.4, 0.5) is 5.69 Å². The molecule has 1 aromatic heterocycles. The van der Waals surface area contributed by atoms with Gasteiger partial charge in [-0.25, -0.2) is 0 Å². The molecule has 2 aromatic rings. The smallest absolute Gasteiger partial charge is 0.274 e. The third-order valence-electron chi connectivity index (χ3n) is 4.85. The lowest BCUT2D eigenvalue weighted by molar-refractivity contribution is -0.117. The molecular weight excluding hydrogens is 320 g/mol. The Kier molecular flexibility index (Phi) is 3.75. The monoisotopic (exact) mass is 340 g/mol. The number of hydrogen-bond acceptors (Lipinski definition) is 4. The fraction of sp³-hybridized carbons (Fsp3) is 0.368. The second kappa shape index (κ2) is 5.95. The summed E-state index contributed by atoms with van der Waals surface area (Å²) in [5.74, 6) is 1.42. The van der Waals surface area contributed by atoms with Gasteiger partial charge in [0.2, 0.25) is 5.91 Å². The molecule has 1 aromatic carbocycles. The number of ether oxygens (including phenoxy) is 2. The maximum absolute atomic E-state index is 12.5. The largest absolute Gasteiger partial charge is 0.486 e. The van der Waals surface area contributed by atoms with Gasteiger partial charge in [0, 0.05) is 19.2 Å². The van der Waals surface area contributed by atoms with Crippen molar-refractivity contribution in [1.29, 1.82) is 0 Å². The molecule has 1 saturated carbocycles. The molecule has 0 bridgehead atoms. The van der Waals surface area contributed by atoms with Gasteiger partial charge in [0.25, 0.3) is 5.56 Å². The number of nitrogens with one attached hydrogen (secondary N) is 1. The second-order valence-electron chi connectivity index (χ2n) is 6.63. The quantitative estimate of drug-likeness (QED) is 0.930. The zero-order valence-corrected chi connectivity index (χ0v) is 14.2. The number of carbonyl (C=O) groups is 1. The lowest BCUT2D eigenvalue weighted by Crippen LogP contribution is -2.26. The minimum Gasteiger partial charge on any atom is -0.486 e. The number of rotatable bonds is 3. The van der Waals surface area contributed by atoms with Gasteiger partial charge in [0.15, 0.2) is 11.5 Å². The Labute approximate surface area is 145 Å². The number of benzene rings is 1. The molecule has 0 spiro atoms. The molecule has 1 fully saturated rings. The molecule has 25 heavy (non-hydrogen) atoms. The third kappa shape index (κ3) is 2.88. The van der Waals surface area contributed by atoms with Crippen LogP contribution in [0, 0.1) is 12.8 Å². The van der Waals surface area contributed by atoms with Gasteiger partial charge in [0.05, 0.1) is 0 Å². The summed E-state index contributed by atoms with van der Waals surface area (Å²) in [5, 5.41) is 2.82. The fourth-order valence-corrected chi connectivity index (χ4v) is 3.23. The van der Waals surface area contributed by atoms with Crippen LogP contribution in [0.5, 0.6) is 11.5 Å². The number of fused-ring (bicyclic) bond motifs is 1. The summed E-state index contributed by atoms with van der Waals surface area (Å²) in [6.45, 7) is 2.93. The van der Waals surface area contributed by atoms with Crippen molar-refractivity contribution in [3.63, 3.8) is 0 Å². The molecular formula is C19H20N2O4. The molecule has 0 saturated heterocycles. The predicted octanol–water partition coefficient (Wildman–Crippen LogP) is 2.21. The van der Waals surface area contributed by atoms with E-state index in [4.69, 9.17) is 9.47 Å². The second-order valence-corrected chi connectivity index (χ2v) is 6.63. The highest BCUT2D eigenvalue weighted by molar-refractivity contribution is 5.95. The van der Waals surface area contributed by atoms with Gasteiger partial charge in [-0.1, -0.05) is 6.07 Å². The minimum atomic E-state index is -0.190. The van der Waals surface area contributed by atoms with Crippen LogP contribution in [0.15, 0.2) is 35.3 Å². The number of aryl methyl sites for hydroxylation is 2. The van der Waals surface area contributed by atoms with Gasteiger partial charge in [-0.2, -0.15) is 0 Å². The molecule has 1 N–H and O–H groups in total. The molecule has 1 aliphatic carbocycles. The standard InChI is InChI=1S/C19H20N2O4/c1-11-5-6-21(2)19(23)17(11)20-18(22)14-10-13(14)12-3-4-15-16(9-12)25-8-7-24-15/h3-6,9,13-14H,7-8,10H2,1-2H3,(H,20,22)/t13-,14+/m0/s1. The highest BCUT2D eigenvalue weighted by Crippen LogP contribution is 2.49. The first kappa shape index (κ1) is 15.7. The zero-order valence-electron chi connectivity index (χ0n) is 14.2. The van der Waals surface area contributed by atoms with E-state index in [1.54, 1.807) is 13.2 Å². The molecule has 0 radical (unpaired) electrons. The van der Waals surface area contributed by atoms with E-state index in [0.29, 0.717) is 18.9 Å². The van der Waals surface area contributed by atoms with Crippen molar-refractivity contribution in [1.82, 2.24) is 4.57 Å². The van der Waals surface area contributed by atoms with Crippen LogP contribution in [0.3, 0.4) is 0 Å². The summed E-state index contributed by atoms with van der Waals surface area (Å²) in [5.41, 5.74) is 2.02. The predicted molar refractivity (Wildman–Crippen MR) is 93.3 cm³/mol. The summed E-state index contributed by atoms with van der Waals surface area (Å²) in [6.07, 6.45) is 2.47. The molecule has 1 aliphatic heterocycles. The van der Waals surface area contributed by atoms with Crippen molar-refractivity contribution in [2.24, 2.45) is 13.0 Å². The first-order valence-corrected chi connectivity index (χ1v) is 8.41. The summed E-state index contributed by atoms with van der Waals surface area (Å²) in [7, 11) is 1.67. The number of amides is 1. The molecule has 6 heteroatoms. The van der Waals surface area contributed by atoms with Crippen molar-refractivity contribution in [2.45, 2.75) is 19.3 Å². The zero-order chi connectivity index (χ0) is 17.6. The molecule has 2 heterocycles. The number of carbonyl (C=O) groups excluding carboxylic acids is 1. The number of nitrogens with zero attached hydrogens (tertiary/aromatic N) is 1. The van der Waals surface area contributed by atoms with Crippen LogP contribution in [0.1, 0.15) is 23.5 Å². The van der Waals surface area contributed by atoms with Gasteiger partial charge in [-0.05, 0) is 48.6 Å². The molecule has 6 nitrogen and oxygen atoms in total. The highest BCUT2D eigenvalue weighted by atomic mass is 16.6. The van der Waals surface area contributed by atoms with E-state index in [0.717, 1.165) is 29.0 Å². The van der Waals surface area contributed by atoms with Crippen LogP contribution in [-0.4, -0.2) is 23.7 Å².